The number of aliphatic hydroxyl groups excluding tert-OH is 1. The Morgan fingerprint density at radius 1 is 1.15 bits per heavy atom. The van der Waals surface area contributed by atoms with Crippen molar-refractivity contribution in [2.45, 2.75) is 39.0 Å². The van der Waals surface area contributed by atoms with Crippen LogP contribution in [-0.2, 0) is 13.2 Å². The molecule has 3 rings (SSSR count). The Morgan fingerprint density at radius 3 is 2.59 bits per heavy atom. The fourth-order valence-electron chi connectivity index (χ4n) is 3.51. The molecule has 27 heavy (non-hydrogen) atoms. The molecule has 1 aromatic heterocycles. The minimum Gasteiger partial charge on any atom is -0.468 e. The summed E-state index contributed by atoms with van der Waals surface area (Å²) in [6, 6.07) is 12.1. The number of rotatable bonds is 8. The number of furan rings is 1. The van der Waals surface area contributed by atoms with Crippen molar-refractivity contribution in [3.8, 4) is 0 Å². The van der Waals surface area contributed by atoms with E-state index in [0.717, 1.165) is 49.0 Å². The van der Waals surface area contributed by atoms with Crippen LogP contribution in [0.1, 0.15) is 42.7 Å². The van der Waals surface area contributed by atoms with Crippen LogP contribution in [-0.4, -0.2) is 42.1 Å². The van der Waals surface area contributed by atoms with Crippen LogP contribution >= 0.6 is 0 Å². The fourth-order valence-corrected chi connectivity index (χ4v) is 3.51. The maximum absolute atomic E-state index is 9.49. The summed E-state index contributed by atoms with van der Waals surface area (Å²) in [5.41, 5.74) is 1.96. The highest BCUT2D eigenvalue weighted by atomic mass is 16.3. The third-order valence-corrected chi connectivity index (χ3v) is 4.96. The van der Waals surface area contributed by atoms with E-state index in [1.807, 2.05) is 36.4 Å². The molecule has 6 heteroatoms. The van der Waals surface area contributed by atoms with Crippen molar-refractivity contribution < 1.29 is 9.52 Å². The molecule has 0 aliphatic carbocycles. The lowest BCUT2D eigenvalue weighted by Crippen LogP contribution is -2.42. The van der Waals surface area contributed by atoms with Gasteiger partial charge in [-0.1, -0.05) is 24.3 Å². The molecule has 0 bridgehead atoms. The van der Waals surface area contributed by atoms with Gasteiger partial charge in [-0.15, -0.1) is 0 Å². The summed E-state index contributed by atoms with van der Waals surface area (Å²) >= 11 is 0. The first-order valence-electron chi connectivity index (χ1n) is 9.79. The molecule has 0 spiro atoms. The lowest BCUT2D eigenvalue weighted by Gasteiger charge is -2.26. The Hall–Kier alpha value is -2.31. The van der Waals surface area contributed by atoms with Gasteiger partial charge in [0.05, 0.1) is 25.5 Å². The molecule has 2 aromatic rings. The van der Waals surface area contributed by atoms with E-state index in [-0.39, 0.29) is 12.6 Å². The lowest BCUT2D eigenvalue weighted by molar-refractivity contribution is 0.215. The third-order valence-electron chi connectivity index (χ3n) is 4.96. The number of likely N-dealkylation sites (tertiary alicyclic amines) is 1. The average Bonchev–Trinajstić information content (AvgIpc) is 3.41. The monoisotopic (exact) mass is 370 g/mol. The number of hydrogen-bond donors (Lipinski definition) is 3. The van der Waals surface area contributed by atoms with Gasteiger partial charge in [-0.05, 0) is 56.1 Å². The zero-order chi connectivity index (χ0) is 18.9. The Labute approximate surface area is 161 Å². The summed E-state index contributed by atoms with van der Waals surface area (Å²) in [4.78, 5) is 7.18. The normalized spacial score (nSPS) is 16.4. The van der Waals surface area contributed by atoms with Crippen LogP contribution in [0.2, 0.25) is 0 Å². The first-order valence-corrected chi connectivity index (χ1v) is 9.79. The maximum atomic E-state index is 9.49. The van der Waals surface area contributed by atoms with Gasteiger partial charge in [-0.3, -0.25) is 4.90 Å². The summed E-state index contributed by atoms with van der Waals surface area (Å²) in [6.45, 7) is 6.36. The van der Waals surface area contributed by atoms with E-state index in [1.165, 1.54) is 12.8 Å². The van der Waals surface area contributed by atoms with E-state index >= 15 is 0 Å². The first-order chi connectivity index (χ1) is 13.3. The van der Waals surface area contributed by atoms with Crippen molar-refractivity contribution in [1.29, 1.82) is 0 Å². The Bertz CT molecular complexity index is 709. The van der Waals surface area contributed by atoms with E-state index in [9.17, 15) is 5.11 Å². The number of aliphatic imine (C=N–C) groups is 1. The molecule has 0 saturated carbocycles. The van der Waals surface area contributed by atoms with Crippen molar-refractivity contribution in [2.75, 3.05) is 26.2 Å². The minimum absolute atomic E-state index is 0.0329. The smallest absolute Gasteiger partial charge is 0.191 e. The summed E-state index contributed by atoms with van der Waals surface area (Å²) in [5, 5.41) is 16.3. The number of nitrogens with one attached hydrogen (secondary N) is 2. The van der Waals surface area contributed by atoms with Crippen LogP contribution in [0.3, 0.4) is 0 Å². The van der Waals surface area contributed by atoms with E-state index in [1.54, 1.807) is 6.26 Å². The topological polar surface area (TPSA) is 73.0 Å². The molecule has 146 valence electrons. The molecular formula is C21H30N4O2. The molecule has 1 aliphatic rings. The predicted molar refractivity (Wildman–Crippen MR) is 107 cm³/mol. The van der Waals surface area contributed by atoms with Crippen LogP contribution in [0.25, 0.3) is 0 Å². The molecule has 6 nitrogen and oxygen atoms in total. The number of hydrogen-bond acceptors (Lipinski definition) is 4. The van der Waals surface area contributed by atoms with Crippen LogP contribution in [0.4, 0.5) is 0 Å². The molecule has 1 aromatic carbocycles. The van der Waals surface area contributed by atoms with Crippen molar-refractivity contribution >= 4 is 5.96 Å². The predicted octanol–water partition coefficient (Wildman–Crippen LogP) is 2.66. The molecule has 1 atom stereocenters. The molecule has 0 amide bonds. The van der Waals surface area contributed by atoms with Gasteiger partial charge in [0.1, 0.15) is 5.76 Å². The second-order valence-electron chi connectivity index (χ2n) is 6.78. The first kappa shape index (κ1) is 19.5. The van der Waals surface area contributed by atoms with Gasteiger partial charge in [0.2, 0.25) is 0 Å². The quantitative estimate of drug-likeness (QED) is 0.492. The Kier molecular flexibility index (Phi) is 7.30. The van der Waals surface area contributed by atoms with Gasteiger partial charge in [-0.25, -0.2) is 4.99 Å². The molecule has 1 saturated heterocycles. The minimum atomic E-state index is 0.0329. The summed E-state index contributed by atoms with van der Waals surface area (Å²) in [6.07, 6.45) is 4.22. The molecule has 1 unspecified atom stereocenters. The average molecular weight is 370 g/mol. The number of nitrogens with zero attached hydrogens (tertiary/aromatic N) is 2. The molecule has 2 heterocycles. The molecule has 1 aliphatic heterocycles. The summed E-state index contributed by atoms with van der Waals surface area (Å²) < 4.78 is 5.69. The fraction of sp³-hybridized carbons (Fsp3) is 0.476. The lowest BCUT2D eigenvalue weighted by atomic mass is 10.1. The molecule has 1 fully saturated rings. The van der Waals surface area contributed by atoms with Crippen molar-refractivity contribution in [3.63, 3.8) is 0 Å². The van der Waals surface area contributed by atoms with Gasteiger partial charge in [0, 0.05) is 13.1 Å². The van der Waals surface area contributed by atoms with Crippen LogP contribution in [0.5, 0.6) is 0 Å². The van der Waals surface area contributed by atoms with Gasteiger partial charge in [0.25, 0.3) is 0 Å². The third kappa shape index (κ3) is 5.34. The van der Waals surface area contributed by atoms with Crippen LogP contribution in [0, 0.1) is 0 Å². The Morgan fingerprint density at radius 2 is 1.93 bits per heavy atom. The molecular weight excluding hydrogens is 340 g/mol. The molecule has 3 N–H and O–H groups in total. The summed E-state index contributed by atoms with van der Waals surface area (Å²) in [7, 11) is 0. The highest BCUT2D eigenvalue weighted by molar-refractivity contribution is 5.79. The second kappa shape index (κ2) is 10.1. The van der Waals surface area contributed by atoms with Gasteiger partial charge < -0.3 is 20.2 Å². The van der Waals surface area contributed by atoms with Gasteiger partial charge in [0.15, 0.2) is 5.96 Å². The summed E-state index contributed by atoms with van der Waals surface area (Å²) in [5.74, 6) is 1.77. The van der Waals surface area contributed by atoms with E-state index < -0.39 is 0 Å². The van der Waals surface area contributed by atoms with Crippen molar-refractivity contribution in [2.24, 2.45) is 4.99 Å². The number of benzene rings is 1. The van der Waals surface area contributed by atoms with E-state index in [0.29, 0.717) is 6.54 Å². The van der Waals surface area contributed by atoms with E-state index in [4.69, 9.17) is 9.41 Å². The number of guanidine groups is 1. The van der Waals surface area contributed by atoms with Gasteiger partial charge in [-0.2, -0.15) is 0 Å². The molecule has 0 radical (unpaired) electrons. The van der Waals surface area contributed by atoms with Crippen LogP contribution < -0.4 is 10.6 Å². The van der Waals surface area contributed by atoms with E-state index in [2.05, 4.69) is 22.5 Å². The van der Waals surface area contributed by atoms with Crippen molar-refractivity contribution in [1.82, 2.24) is 15.5 Å². The number of aliphatic hydroxyl groups is 1. The second-order valence-corrected chi connectivity index (χ2v) is 6.78. The van der Waals surface area contributed by atoms with Gasteiger partial charge >= 0.3 is 0 Å². The Balaban J connectivity index is 1.67. The highest BCUT2D eigenvalue weighted by Crippen LogP contribution is 2.24. The largest absolute Gasteiger partial charge is 0.468 e. The van der Waals surface area contributed by atoms with Crippen LogP contribution in [0.15, 0.2) is 52.1 Å². The standard InChI is InChI=1S/C21H30N4O2/c1-2-22-21(23-14-17-8-3-4-9-18(17)16-26)24-15-19(20-10-7-13-27-20)25-11-5-6-12-25/h3-4,7-10,13,19,26H,2,5-6,11-12,14-16H2,1H3,(H2,22,23,24). The highest BCUT2D eigenvalue weighted by Gasteiger charge is 2.25. The van der Waals surface area contributed by atoms with Crippen molar-refractivity contribution in [3.05, 3.63) is 59.5 Å². The zero-order valence-electron chi connectivity index (χ0n) is 16.0. The maximum Gasteiger partial charge on any atom is 0.191 e. The SMILES string of the molecule is CCNC(=NCc1ccccc1CO)NCC(c1ccco1)N1CCCC1. The zero-order valence-corrected chi connectivity index (χ0v) is 16.0.